The summed E-state index contributed by atoms with van der Waals surface area (Å²) in [5.74, 6) is 0.763. The second-order valence-electron chi connectivity index (χ2n) is 5.88. The number of amides is 2. The first-order valence-corrected chi connectivity index (χ1v) is 9.07. The van der Waals surface area contributed by atoms with Crippen LogP contribution in [0.25, 0.3) is 0 Å². The van der Waals surface area contributed by atoms with E-state index in [9.17, 15) is 4.79 Å². The van der Waals surface area contributed by atoms with Gasteiger partial charge in [-0.1, -0.05) is 29.5 Å². The fraction of sp³-hybridized carbons (Fsp3) is 0.471. The van der Waals surface area contributed by atoms with E-state index >= 15 is 0 Å². The van der Waals surface area contributed by atoms with Crippen molar-refractivity contribution in [1.29, 1.82) is 0 Å². The van der Waals surface area contributed by atoms with Crippen molar-refractivity contribution in [2.75, 3.05) is 25.6 Å². The number of carbonyl (C=O) groups is 1. The second-order valence-corrected chi connectivity index (χ2v) is 7.07. The molecular weight excluding hydrogens is 340 g/mol. The summed E-state index contributed by atoms with van der Waals surface area (Å²) in [4.78, 5) is 14.5. The quantitative estimate of drug-likeness (QED) is 0.855. The van der Waals surface area contributed by atoms with Gasteiger partial charge in [-0.2, -0.15) is 0 Å². The first kappa shape index (κ1) is 17.6. The van der Waals surface area contributed by atoms with Crippen LogP contribution in [-0.2, 0) is 11.3 Å². The fourth-order valence-electron chi connectivity index (χ4n) is 2.81. The van der Waals surface area contributed by atoms with Gasteiger partial charge < -0.3 is 14.4 Å². The second kappa shape index (κ2) is 8.26. The number of aryl methyl sites for hydroxylation is 1. The average molecular weight is 362 g/mol. The van der Waals surface area contributed by atoms with Gasteiger partial charge in [0.05, 0.1) is 19.8 Å². The van der Waals surface area contributed by atoms with E-state index in [-0.39, 0.29) is 12.1 Å². The van der Waals surface area contributed by atoms with E-state index in [1.165, 1.54) is 11.3 Å². The monoisotopic (exact) mass is 362 g/mol. The van der Waals surface area contributed by atoms with E-state index in [0.717, 1.165) is 35.8 Å². The molecule has 0 unspecified atom stereocenters. The highest BCUT2D eigenvalue weighted by atomic mass is 32.1. The Kier molecular flexibility index (Phi) is 5.83. The molecule has 1 aromatic carbocycles. The van der Waals surface area contributed by atoms with Gasteiger partial charge in [-0.25, -0.2) is 4.79 Å². The Morgan fingerprint density at radius 2 is 2.28 bits per heavy atom. The number of nitrogens with zero attached hydrogens (tertiary/aromatic N) is 3. The first-order chi connectivity index (χ1) is 12.2. The van der Waals surface area contributed by atoms with E-state index in [4.69, 9.17) is 9.47 Å². The number of aromatic nitrogens is 2. The summed E-state index contributed by atoms with van der Waals surface area (Å²) in [5, 5.41) is 12.0. The minimum absolute atomic E-state index is 0.0663. The van der Waals surface area contributed by atoms with Crippen molar-refractivity contribution in [1.82, 2.24) is 15.1 Å². The molecular formula is C17H22N4O3S. The van der Waals surface area contributed by atoms with Gasteiger partial charge in [0, 0.05) is 18.7 Å². The Hall–Kier alpha value is -2.19. The highest BCUT2D eigenvalue weighted by Gasteiger charge is 2.24. The zero-order valence-electron chi connectivity index (χ0n) is 14.4. The Morgan fingerprint density at radius 1 is 1.44 bits per heavy atom. The summed E-state index contributed by atoms with van der Waals surface area (Å²) in [6.45, 7) is 3.58. The SMILES string of the molecule is COc1ccccc1CN(C[C@@H]1CCCO1)C(=O)Nc1nnc(C)s1. The van der Waals surface area contributed by atoms with Crippen LogP contribution in [0, 0.1) is 6.92 Å². The number of methoxy groups -OCH3 is 1. The number of hydrogen-bond acceptors (Lipinski definition) is 6. The highest BCUT2D eigenvalue weighted by Crippen LogP contribution is 2.22. The van der Waals surface area contributed by atoms with Crippen molar-refractivity contribution >= 4 is 22.5 Å². The molecule has 1 atom stereocenters. The molecule has 7 nitrogen and oxygen atoms in total. The number of carbonyl (C=O) groups excluding carboxylic acids is 1. The Balaban J connectivity index is 1.74. The molecule has 25 heavy (non-hydrogen) atoms. The number of rotatable bonds is 6. The highest BCUT2D eigenvalue weighted by molar-refractivity contribution is 7.15. The van der Waals surface area contributed by atoms with E-state index in [0.29, 0.717) is 18.2 Å². The molecule has 0 saturated carbocycles. The largest absolute Gasteiger partial charge is 0.496 e. The lowest BCUT2D eigenvalue weighted by molar-refractivity contribution is 0.0817. The third kappa shape index (κ3) is 4.67. The van der Waals surface area contributed by atoms with Gasteiger partial charge in [0.25, 0.3) is 0 Å². The molecule has 1 aliphatic rings. The predicted octanol–water partition coefficient (Wildman–Crippen LogP) is 3.07. The van der Waals surface area contributed by atoms with Gasteiger partial charge >= 0.3 is 6.03 Å². The topological polar surface area (TPSA) is 76.6 Å². The van der Waals surface area contributed by atoms with E-state index in [1.807, 2.05) is 31.2 Å². The van der Waals surface area contributed by atoms with Gasteiger partial charge in [0.2, 0.25) is 5.13 Å². The Bertz CT molecular complexity index is 715. The van der Waals surface area contributed by atoms with Crippen molar-refractivity contribution in [3.05, 3.63) is 34.8 Å². The van der Waals surface area contributed by atoms with E-state index in [2.05, 4.69) is 15.5 Å². The maximum Gasteiger partial charge on any atom is 0.324 e. The molecule has 1 saturated heterocycles. The molecule has 0 radical (unpaired) electrons. The van der Waals surface area contributed by atoms with Crippen molar-refractivity contribution < 1.29 is 14.3 Å². The van der Waals surface area contributed by atoms with Crippen LogP contribution in [0.15, 0.2) is 24.3 Å². The minimum Gasteiger partial charge on any atom is -0.496 e. The molecule has 3 rings (SSSR count). The fourth-order valence-corrected chi connectivity index (χ4v) is 3.39. The molecule has 0 bridgehead atoms. The van der Waals surface area contributed by atoms with Gasteiger partial charge in [-0.3, -0.25) is 5.32 Å². The third-order valence-corrected chi connectivity index (χ3v) is 4.78. The van der Waals surface area contributed by atoms with Crippen LogP contribution in [0.5, 0.6) is 5.75 Å². The Labute approximate surface area is 151 Å². The number of para-hydroxylation sites is 1. The summed E-state index contributed by atoms with van der Waals surface area (Å²) >= 11 is 1.35. The van der Waals surface area contributed by atoms with Gasteiger partial charge in [-0.05, 0) is 25.8 Å². The standard InChI is InChI=1S/C17H22N4O3S/c1-12-19-20-16(25-12)18-17(22)21(11-14-7-5-9-24-14)10-13-6-3-4-8-15(13)23-2/h3-4,6,8,14H,5,7,9-11H2,1-2H3,(H,18,20,22)/t14-/m0/s1. The molecule has 134 valence electrons. The van der Waals surface area contributed by atoms with Crippen LogP contribution in [0.4, 0.5) is 9.93 Å². The van der Waals surface area contributed by atoms with Crippen molar-refractivity contribution in [3.63, 3.8) is 0 Å². The third-order valence-electron chi connectivity index (χ3n) is 4.03. The van der Waals surface area contributed by atoms with Crippen LogP contribution in [0.2, 0.25) is 0 Å². The lowest BCUT2D eigenvalue weighted by Gasteiger charge is -2.26. The maximum absolute atomic E-state index is 12.8. The first-order valence-electron chi connectivity index (χ1n) is 8.25. The summed E-state index contributed by atoms with van der Waals surface area (Å²) in [6.07, 6.45) is 2.06. The Morgan fingerprint density at radius 3 is 2.96 bits per heavy atom. The lowest BCUT2D eigenvalue weighted by atomic mass is 10.1. The zero-order valence-corrected chi connectivity index (χ0v) is 15.2. The van der Waals surface area contributed by atoms with Crippen molar-refractivity contribution in [2.45, 2.75) is 32.4 Å². The smallest absolute Gasteiger partial charge is 0.324 e. The van der Waals surface area contributed by atoms with Crippen LogP contribution >= 0.6 is 11.3 Å². The molecule has 1 aromatic heterocycles. The van der Waals surface area contributed by atoms with Gasteiger partial charge in [0.15, 0.2) is 0 Å². The number of anilines is 1. The molecule has 0 aliphatic carbocycles. The van der Waals surface area contributed by atoms with Crippen molar-refractivity contribution in [2.24, 2.45) is 0 Å². The normalized spacial score (nSPS) is 16.6. The molecule has 8 heteroatoms. The van der Waals surface area contributed by atoms with Crippen molar-refractivity contribution in [3.8, 4) is 5.75 Å². The molecule has 0 spiro atoms. The maximum atomic E-state index is 12.8. The lowest BCUT2D eigenvalue weighted by Crippen LogP contribution is -2.39. The van der Waals surface area contributed by atoms with Gasteiger partial charge in [-0.15, -0.1) is 10.2 Å². The number of hydrogen-bond donors (Lipinski definition) is 1. The summed E-state index contributed by atoms with van der Waals surface area (Å²) < 4.78 is 11.1. The van der Waals surface area contributed by atoms with E-state index < -0.39 is 0 Å². The summed E-state index contributed by atoms with van der Waals surface area (Å²) in [7, 11) is 1.63. The molecule has 2 aromatic rings. The molecule has 1 aliphatic heterocycles. The van der Waals surface area contributed by atoms with Gasteiger partial charge in [0.1, 0.15) is 10.8 Å². The van der Waals surface area contributed by atoms with Crippen LogP contribution in [0.1, 0.15) is 23.4 Å². The van der Waals surface area contributed by atoms with Crippen LogP contribution in [-0.4, -0.2) is 47.5 Å². The number of nitrogens with one attached hydrogen (secondary N) is 1. The average Bonchev–Trinajstić information content (AvgIpc) is 3.26. The number of urea groups is 1. The number of benzene rings is 1. The van der Waals surface area contributed by atoms with E-state index in [1.54, 1.807) is 12.0 Å². The van der Waals surface area contributed by atoms with Crippen LogP contribution < -0.4 is 10.1 Å². The minimum atomic E-state index is -0.211. The molecule has 2 heterocycles. The van der Waals surface area contributed by atoms with Crippen LogP contribution in [0.3, 0.4) is 0 Å². The summed E-state index contributed by atoms with van der Waals surface area (Å²) in [5.41, 5.74) is 0.951. The summed E-state index contributed by atoms with van der Waals surface area (Å²) in [6, 6.07) is 7.50. The molecule has 1 fully saturated rings. The number of ether oxygens (including phenoxy) is 2. The molecule has 1 N–H and O–H groups in total. The zero-order chi connectivity index (χ0) is 17.6. The molecule has 2 amide bonds. The predicted molar refractivity (Wildman–Crippen MR) is 96.0 cm³/mol.